The second-order valence-corrected chi connectivity index (χ2v) is 5.80. The maximum Gasteiger partial charge on any atom is 0.335 e. The number of aromatic carboxylic acids is 1. The molecule has 1 unspecified atom stereocenters. The minimum atomic E-state index is -1.10. The Morgan fingerprint density at radius 3 is 2.33 bits per heavy atom. The van der Waals surface area contributed by atoms with Crippen LogP contribution in [0, 0.1) is 11.3 Å². The molecule has 1 atom stereocenters. The summed E-state index contributed by atoms with van der Waals surface area (Å²) in [5.74, 6) is -0.722. The van der Waals surface area contributed by atoms with Crippen LogP contribution < -0.4 is 14.8 Å². The first-order valence-corrected chi connectivity index (χ1v) is 6.60. The quantitative estimate of drug-likeness (QED) is 0.870. The molecule has 1 fully saturated rings. The summed E-state index contributed by atoms with van der Waals surface area (Å²) in [7, 11) is 2.86. The van der Waals surface area contributed by atoms with Crippen molar-refractivity contribution in [2.75, 3.05) is 19.5 Å². The summed E-state index contributed by atoms with van der Waals surface area (Å²) >= 11 is 0. The number of amides is 1. The summed E-state index contributed by atoms with van der Waals surface area (Å²) < 4.78 is 10.3. The molecule has 2 rings (SSSR count). The number of carboxylic acids is 1. The number of hydrogen-bond donors (Lipinski definition) is 2. The van der Waals surface area contributed by atoms with E-state index in [0.717, 1.165) is 6.42 Å². The molecule has 6 heteroatoms. The maximum absolute atomic E-state index is 12.2. The van der Waals surface area contributed by atoms with Gasteiger partial charge in [0, 0.05) is 5.92 Å². The molecule has 1 saturated carbocycles. The van der Waals surface area contributed by atoms with Gasteiger partial charge in [0.25, 0.3) is 0 Å². The Kier molecular flexibility index (Phi) is 3.80. The highest BCUT2D eigenvalue weighted by atomic mass is 16.5. The molecule has 1 amide bonds. The van der Waals surface area contributed by atoms with E-state index >= 15 is 0 Å². The SMILES string of the molecule is COc1cc(C(=O)O)cc(NC(=O)C2CC2(C)C)c1OC. The summed E-state index contributed by atoms with van der Waals surface area (Å²) in [5.41, 5.74) is 0.325. The normalized spacial score (nSPS) is 18.8. The molecule has 0 radical (unpaired) electrons. The lowest BCUT2D eigenvalue weighted by Gasteiger charge is -2.15. The summed E-state index contributed by atoms with van der Waals surface area (Å²) in [4.78, 5) is 23.3. The summed E-state index contributed by atoms with van der Waals surface area (Å²) in [5, 5.41) is 11.9. The van der Waals surface area contributed by atoms with E-state index in [0.29, 0.717) is 11.4 Å². The number of benzene rings is 1. The fourth-order valence-corrected chi connectivity index (χ4v) is 2.32. The van der Waals surface area contributed by atoms with Crippen molar-refractivity contribution in [2.24, 2.45) is 11.3 Å². The number of carbonyl (C=O) groups is 2. The van der Waals surface area contributed by atoms with Gasteiger partial charge >= 0.3 is 5.97 Å². The first kappa shape index (κ1) is 15.2. The average molecular weight is 293 g/mol. The first-order valence-electron chi connectivity index (χ1n) is 6.60. The van der Waals surface area contributed by atoms with E-state index in [2.05, 4.69) is 5.32 Å². The minimum Gasteiger partial charge on any atom is -0.493 e. The summed E-state index contributed by atoms with van der Waals surface area (Å²) in [6, 6.07) is 2.73. The number of methoxy groups -OCH3 is 2. The highest BCUT2D eigenvalue weighted by Gasteiger charge is 2.50. The molecule has 21 heavy (non-hydrogen) atoms. The zero-order valence-corrected chi connectivity index (χ0v) is 12.5. The number of rotatable bonds is 5. The third-order valence-corrected chi connectivity index (χ3v) is 3.81. The molecule has 0 bridgehead atoms. The van der Waals surface area contributed by atoms with E-state index in [1.807, 2.05) is 13.8 Å². The Morgan fingerprint density at radius 2 is 1.90 bits per heavy atom. The number of nitrogens with one attached hydrogen (secondary N) is 1. The minimum absolute atomic E-state index is 0.00812. The Balaban J connectivity index is 2.34. The van der Waals surface area contributed by atoms with Gasteiger partial charge in [-0.3, -0.25) is 4.79 Å². The van der Waals surface area contributed by atoms with Crippen LogP contribution in [-0.2, 0) is 4.79 Å². The Morgan fingerprint density at radius 1 is 1.29 bits per heavy atom. The van der Waals surface area contributed by atoms with Crippen LogP contribution in [0.5, 0.6) is 11.5 Å². The smallest absolute Gasteiger partial charge is 0.335 e. The lowest BCUT2D eigenvalue weighted by Crippen LogP contribution is -2.17. The molecule has 2 N–H and O–H groups in total. The van der Waals surface area contributed by atoms with Crippen LogP contribution in [0.3, 0.4) is 0 Å². The van der Waals surface area contributed by atoms with Crippen LogP contribution in [-0.4, -0.2) is 31.2 Å². The van der Waals surface area contributed by atoms with Crippen LogP contribution in [0.4, 0.5) is 5.69 Å². The predicted molar refractivity (Wildman–Crippen MR) is 77.0 cm³/mol. The standard InChI is InChI=1S/C15H19NO5/c1-15(2)7-9(15)13(17)16-10-5-8(14(18)19)6-11(20-3)12(10)21-4/h5-6,9H,7H2,1-4H3,(H,16,17)(H,18,19). The van der Waals surface area contributed by atoms with E-state index in [4.69, 9.17) is 14.6 Å². The van der Waals surface area contributed by atoms with Crippen molar-refractivity contribution >= 4 is 17.6 Å². The zero-order valence-electron chi connectivity index (χ0n) is 12.5. The monoisotopic (exact) mass is 293 g/mol. The summed E-state index contributed by atoms with van der Waals surface area (Å²) in [6.45, 7) is 4.03. The van der Waals surface area contributed by atoms with Gasteiger partial charge in [0.05, 0.1) is 25.5 Å². The number of carbonyl (C=O) groups excluding carboxylic acids is 1. The van der Waals surface area contributed by atoms with E-state index < -0.39 is 5.97 Å². The third-order valence-electron chi connectivity index (χ3n) is 3.81. The molecule has 114 valence electrons. The average Bonchev–Trinajstić information content (AvgIpc) is 3.06. The Labute approximate surface area is 123 Å². The van der Waals surface area contributed by atoms with Gasteiger partial charge in [-0.15, -0.1) is 0 Å². The third kappa shape index (κ3) is 2.94. The van der Waals surface area contributed by atoms with Crippen molar-refractivity contribution in [3.05, 3.63) is 17.7 Å². The molecular formula is C15H19NO5. The van der Waals surface area contributed by atoms with Crippen molar-refractivity contribution in [1.29, 1.82) is 0 Å². The molecule has 1 aromatic rings. The van der Waals surface area contributed by atoms with Gasteiger partial charge in [-0.1, -0.05) is 13.8 Å². The molecule has 0 heterocycles. The van der Waals surface area contributed by atoms with Crippen LogP contribution in [0.2, 0.25) is 0 Å². The second kappa shape index (κ2) is 5.27. The Hall–Kier alpha value is -2.24. The largest absolute Gasteiger partial charge is 0.493 e. The second-order valence-electron chi connectivity index (χ2n) is 5.80. The molecule has 1 aliphatic carbocycles. The zero-order chi connectivity index (χ0) is 15.8. The lowest BCUT2D eigenvalue weighted by atomic mass is 10.1. The van der Waals surface area contributed by atoms with Crippen LogP contribution in [0.25, 0.3) is 0 Å². The first-order chi connectivity index (χ1) is 9.80. The van der Waals surface area contributed by atoms with Crippen molar-refractivity contribution in [3.63, 3.8) is 0 Å². The molecule has 0 saturated heterocycles. The number of ether oxygens (including phenoxy) is 2. The molecule has 1 aromatic carbocycles. The van der Waals surface area contributed by atoms with Gasteiger partial charge in [-0.2, -0.15) is 0 Å². The van der Waals surface area contributed by atoms with Crippen molar-refractivity contribution in [1.82, 2.24) is 0 Å². The van der Waals surface area contributed by atoms with E-state index in [1.54, 1.807) is 0 Å². The highest BCUT2D eigenvalue weighted by molar-refractivity contribution is 5.99. The Bertz CT molecular complexity index is 594. The van der Waals surface area contributed by atoms with Gasteiger partial charge in [0.2, 0.25) is 5.91 Å². The van der Waals surface area contributed by atoms with Gasteiger partial charge in [-0.05, 0) is 24.0 Å². The molecule has 1 aliphatic rings. The fourth-order valence-electron chi connectivity index (χ4n) is 2.32. The highest BCUT2D eigenvalue weighted by Crippen LogP contribution is 2.52. The van der Waals surface area contributed by atoms with Crippen LogP contribution in [0.1, 0.15) is 30.6 Å². The molecular weight excluding hydrogens is 274 g/mol. The topological polar surface area (TPSA) is 84.9 Å². The number of hydrogen-bond acceptors (Lipinski definition) is 4. The van der Waals surface area contributed by atoms with E-state index in [1.165, 1.54) is 26.4 Å². The maximum atomic E-state index is 12.2. The molecule has 0 aliphatic heterocycles. The van der Waals surface area contributed by atoms with Crippen LogP contribution in [0.15, 0.2) is 12.1 Å². The van der Waals surface area contributed by atoms with E-state index in [9.17, 15) is 9.59 Å². The summed E-state index contributed by atoms with van der Waals surface area (Å²) in [6.07, 6.45) is 0.816. The van der Waals surface area contributed by atoms with Gasteiger partial charge in [0.1, 0.15) is 0 Å². The molecule has 0 aromatic heterocycles. The van der Waals surface area contributed by atoms with Gasteiger partial charge in [-0.25, -0.2) is 4.79 Å². The van der Waals surface area contributed by atoms with Gasteiger partial charge in [0.15, 0.2) is 11.5 Å². The molecule has 0 spiro atoms. The number of anilines is 1. The van der Waals surface area contributed by atoms with Gasteiger partial charge < -0.3 is 19.9 Å². The number of carboxylic acid groups (broad SMARTS) is 1. The predicted octanol–water partition coefficient (Wildman–Crippen LogP) is 2.39. The fraction of sp³-hybridized carbons (Fsp3) is 0.467. The molecule has 6 nitrogen and oxygen atoms in total. The van der Waals surface area contributed by atoms with Crippen molar-refractivity contribution in [3.8, 4) is 11.5 Å². The van der Waals surface area contributed by atoms with Crippen molar-refractivity contribution < 1.29 is 24.2 Å². The lowest BCUT2D eigenvalue weighted by molar-refractivity contribution is -0.118. The van der Waals surface area contributed by atoms with E-state index in [-0.39, 0.29) is 28.6 Å². The van der Waals surface area contributed by atoms with Crippen molar-refractivity contribution in [2.45, 2.75) is 20.3 Å². The van der Waals surface area contributed by atoms with Crippen LogP contribution >= 0.6 is 0 Å².